The molecule has 116 valence electrons. The van der Waals surface area contributed by atoms with Crippen molar-refractivity contribution in [2.75, 3.05) is 33.4 Å². The lowest BCUT2D eigenvalue weighted by atomic mass is 10.1. The number of nitrogens with two attached hydrogens (primary N) is 1. The van der Waals surface area contributed by atoms with Crippen molar-refractivity contribution in [3.8, 4) is 0 Å². The van der Waals surface area contributed by atoms with Crippen molar-refractivity contribution in [3.05, 3.63) is 29.3 Å². The number of amides is 1. The molecule has 7 nitrogen and oxygen atoms in total. The van der Waals surface area contributed by atoms with Gasteiger partial charge in [0.05, 0.1) is 24.7 Å². The lowest BCUT2D eigenvalue weighted by molar-refractivity contribution is 0.0302. The number of carbonyl (C=O) groups excluding carboxylic acids is 1. The van der Waals surface area contributed by atoms with E-state index in [1.807, 2.05) is 0 Å². The third kappa shape index (κ3) is 4.01. The normalized spacial score (nSPS) is 16.0. The molecule has 1 saturated heterocycles. The highest BCUT2D eigenvalue weighted by atomic mass is 32.2. The van der Waals surface area contributed by atoms with Crippen LogP contribution in [0.4, 0.5) is 0 Å². The lowest BCUT2D eigenvalue weighted by Gasteiger charge is -2.27. The number of sulfonamides is 1. The van der Waals surface area contributed by atoms with Crippen LogP contribution in [0.5, 0.6) is 0 Å². The highest BCUT2D eigenvalue weighted by molar-refractivity contribution is 7.89. The van der Waals surface area contributed by atoms with Crippen LogP contribution in [-0.4, -0.2) is 52.6 Å². The van der Waals surface area contributed by atoms with Gasteiger partial charge in [0.2, 0.25) is 10.0 Å². The van der Waals surface area contributed by atoms with E-state index in [1.54, 1.807) is 11.0 Å². The summed E-state index contributed by atoms with van der Waals surface area (Å²) >= 11 is 0. The molecule has 8 heteroatoms. The van der Waals surface area contributed by atoms with Gasteiger partial charge in [-0.25, -0.2) is 13.6 Å². The number of methoxy groups -OCH3 is 1. The van der Waals surface area contributed by atoms with Crippen molar-refractivity contribution in [2.24, 2.45) is 5.14 Å². The van der Waals surface area contributed by atoms with Crippen molar-refractivity contribution in [3.63, 3.8) is 0 Å². The third-order valence-electron chi connectivity index (χ3n) is 3.15. The molecule has 1 aromatic rings. The fraction of sp³-hybridized carbons (Fsp3) is 0.462. The molecule has 0 saturated carbocycles. The van der Waals surface area contributed by atoms with Crippen LogP contribution in [0, 0.1) is 0 Å². The average molecular weight is 314 g/mol. The molecule has 0 spiro atoms. The standard InChI is InChI=1S/C13H18N2O5S/c1-19-9-10-6-11(8-12(7-10)21(14,17)18)13(16)15-2-4-20-5-3-15/h6-8H,2-5,9H2,1H3,(H2,14,17,18). The van der Waals surface area contributed by atoms with E-state index in [0.717, 1.165) is 0 Å². The molecular weight excluding hydrogens is 296 g/mol. The number of nitrogens with zero attached hydrogens (tertiary/aromatic N) is 1. The SMILES string of the molecule is COCc1cc(C(=O)N2CCOCC2)cc(S(N)(=O)=O)c1. The van der Waals surface area contributed by atoms with Crippen LogP contribution in [0.15, 0.2) is 23.1 Å². The van der Waals surface area contributed by atoms with Crippen molar-refractivity contribution < 1.29 is 22.7 Å². The molecule has 0 unspecified atom stereocenters. The summed E-state index contributed by atoms with van der Waals surface area (Å²) in [6, 6.07) is 4.33. The smallest absolute Gasteiger partial charge is 0.254 e. The van der Waals surface area contributed by atoms with Crippen LogP contribution >= 0.6 is 0 Å². The van der Waals surface area contributed by atoms with E-state index in [1.165, 1.54) is 19.2 Å². The Balaban J connectivity index is 2.37. The van der Waals surface area contributed by atoms with Gasteiger partial charge >= 0.3 is 0 Å². The molecule has 1 heterocycles. The van der Waals surface area contributed by atoms with Gasteiger partial charge in [-0.3, -0.25) is 4.79 Å². The van der Waals surface area contributed by atoms with Crippen molar-refractivity contribution in [1.29, 1.82) is 0 Å². The summed E-state index contributed by atoms with van der Waals surface area (Å²) < 4.78 is 33.3. The zero-order chi connectivity index (χ0) is 15.5. The van der Waals surface area contributed by atoms with E-state index in [2.05, 4.69) is 0 Å². The first-order valence-electron chi connectivity index (χ1n) is 6.44. The molecule has 1 aromatic carbocycles. The summed E-state index contributed by atoms with van der Waals surface area (Å²) in [7, 11) is -2.39. The topological polar surface area (TPSA) is 98.9 Å². The molecule has 0 bridgehead atoms. The van der Waals surface area contributed by atoms with Gasteiger partial charge < -0.3 is 14.4 Å². The van der Waals surface area contributed by atoms with Gasteiger partial charge in [-0.05, 0) is 23.8 Å². The number of benzene rings is 1. The predicted molar refractivity (Wildman–Crippen MR) is 75.3 cm³/mol. The first-order chi connectivity index (χ1) is 9.91. The third-order valence-corrected chi connectivity index (χ3v) is 4.04. The number of hydrogen-bond donors (Lipinski definition) is 1. The second-order valence-corrected chi connectivity index (χ2v) is 6.31. The van der Waals surface area contributed by atoms with E-state index in [4.69, 9.17) is 14.6 Å². The van der Waals surface area contributed by atoms with Gasteiger partial charge in [-0.2, -0.15) is 0 Å². The maximum atomic E-state index is 12.4. The zero-order valence-electron chi connectivity index (χ0n) is 11.7. The summed E-state index contributed by atoms with van der Waals surface area (Å²) in [5, 5.41) is 5.16. The molecule has 1 amide bonds. The Hall–Kier alpha value is -1.48. The molecule has 0 aliphatic carbocycles. The molecule has 1 aliphatic rings. The molecule has 1 aliphatic heterocycles. The van der Waals surface area contributed by atoms with E-state index in [-0.39, 0.29) is 23.0 Å². The fourth-order valence-electron chi connectivity index (χ4n) is 2.15. The molecule has 2 N–H and O–H groups in total. The van der Waals surface area contributed by atoms with Gasteiger partial charge in [0.25, 0.3) is 5.91 Å². The van der Waals surface area contributed by atoms with Crippen molar-refractivity contribution >= 4 is 15.9 Å². The Morgan fingerprint density at radius 1 is 1.33 bits per heavy atom. The number of hydrogen-bond acceptors (Lipinski definition) is 5. The van der Waals surface area contributed by atoms with Crippen LogP contribution in [0.2, 0.25) is 0 Å². The van der Waals surface area contributed by atoms with Crippen molar-refractivity contribution in [1.82, 2.24) is 4.90 Å². The van der Waals surface area contributed by atoms with Gasteiger partial charge in [0.15, 0.2) is 0 Å². The lowest BCUT2D eigenvalue weighted by Crippen LogP contribution is -2.40. The van der Waals surface area contributed by atoms with Gasteiger partial charge in [-0.1, -0.05) is 0 Å². The predicted octanol–water partition coefficient (Wildman–Crippen LogP) is -0.0472. The zero-order valence-corrected chi connectivity index (χ0v) is 12.6. The first-order valence-corrected chi connectivity index (χ1v) is 7.99. The van der Waals surface area contributed by atoms with Crippen molar-refractivity contribution in [2.45, 2.75) is 11.5 Å². The number of morpholine rings is 1. The monoisotopic (exact) mass is 314 g/mol. The van der Waals surface area contributed by atoms with Gasteiger partial charge in [-0.15, -0.1) is 0 Å². The summed E-state index contributed by atoms with van der Waals surface area (Å²) in [6.07, 6.45) is 0. The van der Waals surface area contributed by atoms with E-state index in [9.17, 15) is 13.2 Å². The van der Waals surface area contributed by atoms with Crippen LogP contribution in [-0.2, 0) is 26.1 Å². The van der Waals surface area contributed by atoms with Gasteiger partial charge in [0, 0.05) is 25.8 Å². The number of rotatable bonds is 4. The van der Waals surface area contributed by atoms with Crippen LogP contribution < -0.4 is 5.14 Å². The number of ether oxygens (including phenoxy) is 2. The molecule has 21 heavy (non-hydrogen) atoms. The number of carbonyl (C=O) groups is 1. The van der Waals surface area contributed by atoms with Crippen LogP contribution in [0.3, 0.4) is 0 Å². The highest BCUT2D eigenvalue weighted by Crippen LogP contribution is 2.17. The van der Waals surface area contributed by atoms with E-state index >= 15 is 0 Å². The summed E-state index contributed by atoms with van der Waals surface area (Å²) in [5.74, 6) is -0.235. The second-order valence-electron chi connectivity index (χ2n) is 4.75. The van der Waals surface area contributed by atoms with Gasteiger partial charge in [0.1, 0.15) is 0 Å². The quantitative estimate of drug-likeness (QED) is 0.840. The molecule has 0 aromatic heterocycles. The first kappa shape index (κ1) is 15.9. The molecular formula is C13H18N2O5S. The highest BCUT2D eigenvalue weighted by Gasteiger charge is 2.21. The minimum absolute atomic E-state index is 0.0892. The Bertz CT molecular complexity index is 623. The Morgan fingerprint density at radius 3 is 2.57 bits per heavy atom. The molecule has 0 radical (unpaired) electrons. The number of primary sulfonamides is 1. The largest absolute Gasteiger partial charge is 0.380 e. The maximum Gasteiger partial charge on any atom is 0.254 e. The maximum absolute atomic E-state index is 12.4. The summed E-state index contributed by atoms with van der Waals surface area (Å²) in [5.41, 5.74) is 0.871. The molecule has 2 rings (SSSR count). The fourth-order valence-corrected chi connectivity index (χ4v) is 2.75. The molecule has 1 fully saturated rings. The van der Waals surface area contributed by atoms with E-state index in [0.29, 0.717) is 31.9 Å². The average Bonchev–Trinajstić information content (AvgIpc) is 2.46. The Kier molecular flexibility index (Phi) is 4.94. The molecule has 0 atom stereocenters. The Morgan fingerprint density at radius 2 is 2.00 bits per heavy atom. The second kappa shape index (κ2) is 6.52. The Labute approximate surface area is 123 Å². The summed E-state index contributed by atoms with van der Waals surface area (Å²) in [4.78, 5) is 14.0. The minimum atomic E-state index is -3.88. The van der Waals surface area contributed by atoms with Crippen LogP contribution in [0.1, 0.15) is 15.9 Å². The summed E-state index contributed by atoms with van der Waals surface area (Å²) in [6.45, 7) is 2.12. The van der Waals surface area contributed by atoms with Crippen LogP contribution in [0.25, 0.3) is 0 Å². The minimum Gasteiger partial charge on any atom is -0.380 e. The van der Waals surface area contributed by atoms with E-state index < -0.39 is 10.0 Å².